The third-order valence-corrected chi connectivity index (χ3v) is 3.24. The average molecular weight is 265 g/mol. The predicted octanol–water partition coefficient (Wildman–Crippen LogP) is 4.26. The van der Waals surface area contributed by atoms with Gasteiger partial charge in [0.2, 0.25) is 0 Å². The summed E-state index contributed by atoms with van der Waals surface area (Å²) in [6, 6.07) is 11.9. The van der Waals surface area contributed by atoms with Crippen molar-refractivity contribution in [3.05, 3.63) is 65.9 Å². The van der Waals surface area contributed by atoms with Gasteiger partial charge < -0.3 is 9.94 Å². The zero-order valence-corrected chi connectivity index (χ0v) is 11.0. The number of rotatable bonds is 3. The van der Waals surface area contributed by atoms with Crippen molar-refractivity contribution in [1.29, 1.82) is 0 Å². The molecule has 1 N–H and O–H groups in total. The van der Waals surface area contributed by atoms with Gasteiger partial charge in [-0.2, -0.15) is 0 Å². The van der Waals surface area contributed by atoms with E-state index >= 15 is 0 Å². The van der Waals surface area contributed by atoms with Crippen LogP contribution in [-0.4, -0.2) is 11.4 Å². The van der Waals surface area contributed by atoms with Crippen LogP contribution in [0.4, 0.5) is 0 Å². The summed E-state index contributed by atoms with van der Waals surface area (Å²) in [5, 5.41) is 13.8. The Hall–Kier alpha value is -2.55. The lowest BCUT2D eigenvalue weighted by molar-refractivity contribution is 0.322. The van der Waals surface area contributed by atoms with Crippen LogP contribution in [0.1, 0.15) is 18.4 Å². The van der Waals surface area contributed by atoms with Crippen LogP contribution in [0, 0.1) is 0 Å². The highest BCUT2D eigenvalue weighted by Gasteiger charge is 2.02. The van der Waals surface area contributed by atoms with Crippen molar-refractivity contribution in [2.75, 3.05) is 0 Å². The maximum atomic E-state index is 8.59. The van der Waals surface area contributed by atoms with Gasteiger partial charge in [-0.05, 0) is 59.5 Å². The summed E-state index contributed by atoms with van der Waals surface area (Å²) in [5.74, 6) is 1.71. The van der Waals surface area contributed by atoms with E-state index in [-0.39, 0.29) is 0 Å². The maximum absolute atomic E-state index is 8.59. The van der Waals surface area contributed by atoms with Crippen molar-refractivity contribution in [3.63, 3.8) is 0 Å². The topological polar surface area (TPSA) is 41.8 Å². The number of nitrogens with zero attached hydrogens (tertiary/aromatic N) is 1. The Balaban J connectivity index is 1.92. The molecule has 2 aromatic carbocycles. The molecule has 0 saturated carbocycles. The SMILES string of the molecule is ON=Cc1ccc2ccc(OC3=CCCC=C3)cc2c1. The van der Waals surface area contributed by atoms with Gasteiger partial charge in [0.1, 0.15) is 11.5 Å². The van der Waals surface area contributed by atoms with Gasteiger partial charge in [0.05, 0.1) is 6.21 Å². The van der Waals surface area contributed by atoms with Crippen LogP contribution in [0.15, 0.2) is 65.5 Å². The third-order valence-electron chi connectivity index (χ3n) is 3.24. The van der Waals surface area contributed by atoms with Gasteiger partial charge in [-0.15, -0.1) is 0 Å². The molecule has 2 aromatic rings. The fourth-order valence-corrected chi connectivity index (χ4v) is 2.25. The molecule has 1 aliphatic rings. The molecule has 3 rings (SSSR count). The van der Waals surface area contributed by atoms with E-state index in [1.165, 1.54) is 6.21 Å². The van der Waals surface area contributed by atoms with Gasteiger partial charge in [-0.25, -0.2) is 0 Å². The molecule has 0 aliphatic heterocycles. The van der Waals surface area contributed by atoms with E-state index < -0.39 is 0 Å². The molecule has 0 radical (unpaired) electrons. The third kappa shape index (κ3) is 2.72. The van der Waals surface area contributed by atoms with Crippen molar-refractivity contribution in [2.45, 2.75) is 12.8 Å². The molecule has 0 heterocycles. The van der Waals surface area contributed by atoms with Crippen LogP contribution < -0.4 is 4.74 Å². The van der Waals surface area contributed by atoms with Crippen molar-refractivity contribution in [3.8, 4) is 5.75 Å². The van der Waals surface area contributed by atoms with Crippen LogP contribution in [0.3, 0.4) is 0 Å². The minimum atomic E-state index is 0.813. The molecule has 0 spiro atoms. The molecule has 3 nitrogen and oxygen atoms in total. The molecule has 0 aromatic heterocycles. The van der Waals surface area contributed by atoms with E-state index in [0.29, 0.717) is 0 Å². The Morgan fingerprint density at radius 2 is 1.95 bits per heavy atom. The number of fused-ring (bicyclic) bond motifs is 1. The second kappa shape index (κ2) is 5.61. The molecule has 0 fully saturated rings. The van der Waals surface area contributed by atoms with Gasteiger partial charge in [-0.1, -0.05) is 29.4 Å². The van der Waals surface area contributed by atoms with Crippen LogP contribution in [0.25, 0.3) is 10.8 Å². The number of oxime groups is 1. The summed E-state index contributed by atoms with van der Waals surface area (Å²) in [6.45, 7) is 0. The fraction of sp³-hybridized carbons (Fsp3) is 0.118. The molecule has 0 saturated heterocycles. The standard InChI is InChI=1S/C17H15NO2/c19-18-12-13-6-7-14-8-9-17(11-15(14)10-13)20-16-4-2-1-3-5-16/h2,4-12,19H,1,3H2. The van der Waals surface area contributed by atoms with E-state index in [2.05, 4.69) is 17.3 Å². The minimum absolute atomic E-state index is 0.813. The first kappa shape index (κ1) is 12.5. The molecule has 1 aliphatic carbocycles. The molecule has 100 valence electrons. The first-order chi connectivity index (χ1) is 9.85. The number of ether oxygens (including phenoxy) is 1. The van der Waals surface area contributed by atoms with Gasteiger partial charge in [0.15, 0.2) is 0 Å². The Morgan fingerprint density at radius 3 is 2.75 bits per heavy atom. The summed E-state index contributed by atoms with van der Waals surface area (Å²) in [5.41, 5.74) is 0.855. The maximum Gasteiger partial charge on any atom is 0.128 e. The molecule has 3 heteroatoms. The Kier molecular flexibility index (Phi) is 3.50. The molecular weight excluding hydrogens is 250 g/mol. The first-order valence-electron chi connectivity index (χ1n) is 6.61. The van der Waals surface area contributed by atoms with Crippen LogP contribution >= 0.6 is 0 Å². The monoisotopic (exact) mass is 265 g/mol. The normalized spacial score (nSPS) is 14.7. The van der Waals surface area contributed by atoms with E-state index in [1.807, 2.05) is 42.5 Å². The average Bonchev–Trinajstić information content (AvgIpc) is 2.48. The number of allylic oxidation sites excluding steroid dienone is 3. The fourth-order valence-electron chi connectivity index (χ4n) is 2.25. The van der Waals surface area contributed by atoms with Gasteiger partial charge in [0.25, 0.3) is 0 Å². The zero-order chi connectivity index (χ0) is 13.8. The number of hydrogen-bond donors (Lipinski definition) is 1. The van der Waals surface area contributed by atoms with Gasteiger partial charge in [-0.3, -0.25) is 0 Å². The minimum Gasteiger partial charge on any atom is -0.458 e. The molecule has 20 heavy (non-hydrogen) atoms. The van der Waals surface area contributed by atoms with Crippen molar-refractivity contribution in [2.24, 2.45) is 5.16 Å². The van der Waals surface area contributed by atoms with Crippen LogP contribution in [0.2, 0.25) is 0 Å². The van der Waals surface area contributed by atoms with E-state index in [4.69, 9.17) is 9.94 Å². The highest BCUT2D eigenvalue weighted by atomic mass is 16.5. The quantitative estimate of drug-likeness (QED) is 0.512. The van der Waals surface area contributed by atoms with Crippen molar-refractivity contribution in [1.82, 2.24) is 0 Å². The Bertz CT molecular complexity index is 714. The summed E-state index contributed by atoms with van der Waals surface area (Å²) < 4.78 is 5.85. The Labute approximate surface area is 117 Å². The lowest BCUT2D eigenvalue weighted by atomic mass is 10.1. The molecule has 0 atom stereocenters. The zero-order valence-electron chi connectivity index (χ0n) is 11.0. The van der Waals surface area contributed by atoms with Crippen molar-refractivity contribution >= 4 is 17.0 Å². The lowest BCUT2D eigenvalue weighted by Crippen LogP contribution is -1.95. The first-order valence-corrected chi connectivity index (χ1v) is 6.61. The second-order valence-corrected chi connectivity index (χ2v) is 4.70. The lowest BCUT2D eigenvalue weighted by Gasteiger charge is -2.10. The Morgan fingerprint density at radius 1 is 1.05 bits per heavy atom. The van der Waals surface area contributed by atoms with E-state index in [0.717, 1.165) is 40.7 Å². The number of benzene rings is 2. The highest BCUT2D eigenvalue weighted by molar-refractivity contribution is 5.91. The summed E-state index contributed by atoms with van der Waals surface area (Å²) in [7, 11) is 0. The summed E-state index contributed by atoms with van der Waals surface area (Å²) in [6.07, 6.45) is 9.73. The van der Waals surface area contributed by atoms with Gasteiger partial charge in [0, 0.05) is 0 Å². The molecule has 0 amide bonds. The molecule has 0 unspecified atom stereocenters. The van der Waals surface area contributed by atoms with Crippen LogP contribution in [-0.2, 0) is 0 Å². The molecular formula is C17H15NO2. The van der Waals surface area contributed by atoms with E-state index in [1.54, 1.807) is 0 Å². The smallest absolute Gasteiger partial charge is 0.128 e. The summed E-state index contributed by atoms with van der Waals surface area (Å²) in [4.78, 5) is 0. The second-order valence-electron chi connectivity index (χ2n) is 4.70. The largest absolute Gasteiger partial charge is 0.458 e. The van der Waals surface area contributed by atoms with Crippen LogP contribution in [0.5, 0.6) is 5.75 Å². The predicted molar refractivity (Wildman–Crippen MR) is 80.4 cm³/mol. The van der Waals surface area contributed by atoms with Gasteiger partial charge >= 0.3 is 0 Å². The molecule has 0 bridgehead atoms. The van der Waals surface area contributed by atoms with E-state index in [9.17, 15) is 0 Å². The number of hydrogen-bond acceptors (Lipinski definition) is 3. The highest BCUT2D eigenvalue weighted by Crippen LogP contribution is 2.24. The summed E-state index contributed by atoms with van der Waals surface area (Å²) >= 11 is 0. The van der Waals surface area contributed by atoms with Crippen molar-refractivity contribution < 1.29 is 9.94 Å².